The first-order valence-electron chi connectivity index (χ1n) is 10.7. The molecular formula is C29H27N. The van der Waals surface area contributed by atoms with Crippen molar-refractivity contribution in [3.05, 3.63) is 113 Å². The number of fused-ring (bicyclic) bond motifs is 2. The van der Waals surface area contributed by atoms with Crippen LogP contribution in [0, 0.1) is 0 Å². The van der Waals surface area contributed by atoms with Gasteiger partial charge in [-0.1, -0.05) is 94.4 Å². The highest BCUT2D eigenvalue weighted by molar-refractivity contribution is 5.73. The van der Waals surface area contributed by atoms with Crippen molar-refractivity contribution in [3.63, 3.8) is 0 Å². The van der Waals surface area contributed by atoms with Crippen LogP contribution in [0.1, 0.15) is 49.9 Å². The van der Waals surface area contributed by atoms with Gasteiger partial charge in [-0.15, -0.1) is 0 Å². The second-order valence-corrected chi connectivity index (χ2v) is 9.35. The Morgan fingerprint density at radius 2 is 1.07 bits per heavy atom. The van der Waals surface area contributed by atoms with E-state index in [4.69, 9.17) is 0 Å². The molecule has 1 heterocycles. The number of benzene rings is 3. The molecule has 0 N–H and O–H groups in total. The molecule has 0 unspecified atom stereocenters. The zero-order valence-corrected chi connectivity index (χ0v) is 18.1. The SMILES string of the molecule is CC1(C)c2ccccc2C(C)(C)c2cc(-c3ccnc(-c4ccccc4)c3)ccc21. The van der Waals surface area contributed by atoms with E-state index in [0.29, 0.717) is 0 Å². The molecule has 30 heavy (non-hydrogen) atoms. The maximum atomic E-state index is 4.60. The molecule has 0 spiro atoms. The summed E-state index contributed by atoms with van der Waals surface area (Å²) in [6, 6.07) is 30.6. The maximum Gasteiger partial charge on any atom is 0.0708 e. The fourth-order valence-corrected chi connectivity index (χ4v) is 5.03. The van der Waals surface area contributed by atoms with E-state index in [-0.39, 0.29) is 10.8 Å². The van der Waals surface area contributed by atoms with Gasteiger partial charge in [0.25, 0.3) is 0 Å². The molecule has 1 aromatic heterocycles. The van der Waals surface area contributed by atoms with Gasteiger partial charge in [0.2, 0.25) is 0 Å². The topological polar surface area (TPSA) is 12.9 Å². The number of pyridine rings is 1. The summed E-state index contributed by atoms with van der Waals surface area (Å²) >= 11 is 0. The third-order valence-electron chi connectivity index (χ3n) is 6.80. The zero-order chi connectivity index (χ0) is 20.9. The lowest BCUT2D eigenvalue weighted by molar-refractivity contribution is 0.521. The highest BCUT2D eigenvalue weighted by Crippen LogP contribution is 2.50. The Balaban J connectivity index is 1.66. The lowest BCUT2D eigenvalue weighted by Crippen LogP contribution is -2.36. The summed E-state index contributed by atoms with van der Waals surface area (Å²) in [7, 11) is 0. The number of nitrogens with zero attached hydrogens (tertiary/aromatic N) is 1. The Labute approximate surface area is 179 Å². The molecule has 5 rings (SSSR count). The van der Waals surface area contributed by atoms with E-state index in [1.807, 2.05) is 12.3 Å². The minimum atomic E-state index is -0.0350. The molecule has 0 atom stereocenters. The molecule has 0 saturated carbocycles. The number of hydrogen-bond donors (Lipinski definition) is 0. The van der Waals surface area contributed by atoms with E-state index >= 15 is 0 Å². The molecule has 0 amide bonds. The molecule has 148 valence electrons. The highest BCUT2D eigenvalue weighted by Gasteiger charge is 2.41. The van der Waals surface area contributed by atoms with Crippen LogP contribution >= 0.6 is 0 Å². The van der Waals surface area contributed by atoms with Crippen LogP contribution in [0.25, 0.3) is 22.4 Å². The Kier molecular flexibility index (Phi) is 4.18. The molecular weight excluding hydrogens is 362 g/mol. The van der Waals surface area contributed by atoms with Crippen LogP contribution in [0.2, 0.25) is 0 Å². The van der Waals surface area contributed by atoms with Crippen LogP contribution in [-0.4, -0.2) is 4.98 Å². The molecule has 3 aromatic carbocycles. The van der Waals surface area contributed by atoms with Gasteiger partial charge in [-0.3, -0.25) is 4.98 Å². The van der Waals surface area contributed by atoms with E-state index in [1.165, 1.54) is 33.4 Å². The third kappa shape index (κ3) is 2.81. The van der Waals surface area contributed by atoms with Gasteiger partial charge in [-0.25, -0.2) is 0 Å². The fraction of sp³-hybridized carbons (Fsp3) is 0.207. The summed E-state index contributed by atoms with van der Waals surface area (Å²) in [5.74, 6) is 0. The van der Waals surface area contributed by atoms with E-state index in [2.05, 4.69) is 112 Å². The first-order chi connectivity index (χ1) is 14.4. The van der Waals surface area contributed by atoms with Crippen molar-refractivity contribution in [2.24, 2.45) is 0 Å². The van der Waals surface area contributed by atoms with Gasteiger partial charge in [-0.05, 0) is 51.6 Å². The molecule has 0 aliphatic heterocycles. The van der Waals surface area contributed by atoms with Gasteiger partial charge >= 0.3 is 0 Å². The fourth-order valence-electron chi connectivity index (χ4n) is 5.03. The predicted octanol–water partition coefficient (Wildman–Crippen LogP) is 7.38. The normalized spacial score (nSPS) is 15.9. The first-order valence-corrected chi connectivity index (χ1v) is 10.7. The summed E-state index contributed by atoms with van der Waals surface area (Å²) < 4.78 is 0. The van der Waals surface area contributed by atoms with Crippen molar-refractivity contribution in [3.8, 4) is 22.4 Å². The van der Waals surface area contributed by atoms with E-state index in [9.17, 15) is 0 Å². The van der Waals surface area contributed by atoms with Crippen LogP contribution in [0.4, 0.5) is 0 Å². The minimum absolute atomic E-state index is 0.00653. The second-order valence-electron chi connectivity index (χ2n) is 9.35. The van der Waals surface area contributed by atoms with Gasteiger partial charge in [0.1, 0.15) is 0 Å². The van der Waals surface area contributed by atoms with Crippen molar-refractivity contribution in [1.82, 2.24) is 4.98 Å². The molecule has 0 saturated heterocycles. The van der Waals surface area contributed by atoms with Crippen molar-refractivity contribution in [2.75, 3.05) is 0 Å². The summed E-state index contributed by atoms with van der Waals surface area (Å²) in [6.07, 6.45) is 1.92. The largest absolute Gasteiger partial charge is 0.256 e. The molecule has 1 aliphatic carbocycles. The number of rotatable bonds is 2. The summed E-state index contributed by atoms with van der Waals surface area (Å²) in [6.45, 7) is 9.40. The van der Waals surface area contributed by atoms with E-state index < -0.39 is 0 Å². The Hall–Kier alpha value is -3.19. The number of aromatic nitrogens is 1. The molecule has 4 aromatic rings. The molecule has 0 fully saturated rings. The van der Waals surface area contributed by atoms with Gasteiger partial charge in [-0.2, -0.15) is 0 Å². The van der Waals surface area contributed by atoms with Gasteiger partial charge in [0.05, 0.1) is 5.69 Å². The van der Waals surface area contributed by atoms with Gasteiger partial charge in [0.15, 0.2) is 0 Å². The number of hydrogen-bond acceptors (Lipinski definition) is 1. The maximum absolute atomic E-state index is 4.60. The average molecular weight is 390 g/mol. The summed E-state index contributed by atoms with van der Waals surface area (Å²) in [5, 5.41) is 0. The summed E-state index contributed by atoms with van der Waals surface area (Å²) in [4.78, 5) is 4.60. The standard InChI is InChI=1S/C29H27N/c1-28(2)23-12-8-9-13-24(23)29(3,4)26-18-21(14-15-25(26)28)22-16-17-30-27(19-22)20-10-6-5-7-11-20/h5-19H,1-4H3. The molecule has 1 heteroatoms. The molecule has 0 radical (unpaired) electrons. The average Bonchev–Trinajstić information content (AvgIpc) is 2.78. The molecule has 0 bridgehead atoms. The lowest BCUT2D eigenvalue weighted by Gasteiger charge is -2.44. The van der Waals surface area contributed by atoms with Crippen LogP contribution < -0.4 is 0 Å². The first kappa shape index (κ1) is 18.8. The third-order valence-corrected chi connectivity index (χ3v) is 6.80. The smallest absolute Gasteiger partial charge is 0.0708 e. The van der Waals surface area contributed by atoms with Gasteiger partial charge in [0, 0.05) is 22.6 Å². The molecule has 1 nitrogen and oxygen atoms in total. The van der Waals surface area contributed by atoms with Gasteiger partial charge < -0.3 is 0 Å². The van der Waals surface area contributed by atoms with E-state index in [1.54, 1.807) is 0 Å². The Bertz CT molecular complexity index is 1230. The van der Waals surface area contributed by atoms with Crippen molar-refractivity contribution >= 4 is 0 Å². The van der Waals surface area contributed by atoms with Crippen LogP contribution in [0.15, 0.2) is 91.1 Å². The van der Waals surface area contributed by atoms with E-state index in [0.717, 1.165) is 11.3 Å². The Morgan fingerprint density at radius 3 is 1.77 bits per heavy atom. The quantitative estimate of drug-likeness (QED) is 0.348. The lowest BCUT2D eigenvalue weighted by atomic mass is 9.60. The van der Waals surface area contributed by atoms with Crippen LogP contribution in [-0.2, 0) is 10.8 Å². The Morgan fingerprint density at radius 1 is 0.500 bits per heavy atom. The zero-order valence-electron chi connectivity index (χ0n) is 18.1. The van der Waals surface area contributed by atoms with Crippen molar-refractivity contribution in [2.45, 2.75) is 38.5 Å². The minimum Gasteiger partial charge on any atom is -0.256 e. The van der Waals surface area contributed by atoms with Crippen LogP contribution in [0.3, 0.4) is 0 Å². The van der Waals surface area contributed by atoms with Crippen LogP contribution in [0.5, 0.6) is 0 Å². The highest BCUT2D eigenvalue weighted by atomic mass is 14.7. The predicted molar refractivity (Wildman–Crippen MR) is 126 cm³/mol. The molecule has 1 aliphatic rings. The summed E-state index contributed by atoms with van der Waals surface area (Å²) in [5.41, 5.74) is 10.3. The van der Waals surface area contributed by atoms with Crippen molar-refractivity contribution < 1.29 is 0 Å². The van der Waals surface area contributed by atoms with Crippen molar-refractivity contribution in [1.29, 1.82) is 0 Å². The second kappa shape index (κ2) is 6.67. The monoisotopic (exact) mass is 389 g/mol.